The van der Waals surface area contributed by atoms with Gasteiger partial charge in [-0.25, -0.2) is 4.68 Å². The summed E-state index contributed by atoms with van der Waals surface area (Å²) >= 11 is 0. The highest BCUT2D eigenvalue weighted by Crippen LogP contribution is 2.34. The van der Waals surface area contributed by atoms with Crippen LogP contribution in [0.15, 0.2) is 35.1 Å². The number of nitrogens with one attached hydrogen (secondary N) is 1. The van der Waals surface area contributed by atoms with Gasteiger partial charge >= 0.3 is 0 Å². The molecule has 2 aromatic heterocycles. The fraction of sp³-hybridized carbons (Fsp3) is 0.389. The maximum Gasteiger partial charge on any atom is 0.263 e. The minimum Gasteiger partial charge on any atom is -0.369 e. The van der Waals surface area contributed by atoms with Crippen LogP contribution in [0.4, 0.5) is 5.95 Å². The van der Waals surface area contributed by atoms with Crippen molar-refractivity contribution in [2.24, 2.45) is 0 Å². The molecule has 0 saturated heterocycles. The standard InChI is InChI=1S/C18H21N5O/c19-18-20-16-14(17(24)21-18)15(13-9-5-2-6-10-13)22-23(16)11-12-7-3-1-4-8-12/h1,3-4,7-8,13H,2,5-6,9-11H2,(H3,19,20,21,24). The number of nitrogens with zero attached hydrogens (tertiary/aromatic N) is 3. The van der Waals surface area contributed by atoms with Crippen molar-refractivity contribution in [1.29, 1.82) is 0 Å². The normalized spacial score (nSPS) is 15.8. The summed E-state index contributed by atoms with van der Waals surface area (Å²) in [5.41, 5.74) is 8.17. The van der Waals surface area contributed by atoms with Gasteiger partial charge in [0.05, 0.1) is 12.2 Å². The molecule has 1 fully saturated rings. The van der Waals surface area contributed by atoms with E-state index < -0.39 is 0 Å². The first-order valence-electron chi connectivity index (χ1n) is 8.52. The van der Waals surface area contributed by atoms with E-state index in [4.69, 9.17) is 10.8 Å². The SMILES string of the molecule is Nc1nc2c(c(C3CCCCC3)nn2Cc2ccccc2)c(=O)[nH]1. The second kappa shape index (κ2) is 6.11. The smallest absolute Gasteiger partial charge is 0.263 e. The maximum atomic E-state index is 12.5. The number of hydrogen-bond donors (Lipinski definition) is 2. The largest absolute Gasteiger partial charge is 0.369 e. The summed E-state index contributed by atoms with van der Waals surface area (Å²) in [5.74, 6) is 0.474. The molecule has 1 aliphatic carbocycles. The Labute approximate surface area is 139 Å². The van der Waals surface area contributed by atoms with Crippen LogP contribution >= 0.6 is 0 Å². The molecule has 1 aromatic carbocycles. The summed E-state index contributed by atoms with van der Waals surface area (Å²) in [6.45, 7) is 0.583. The molecule has 0 bridgehead atoms. The summed E-state index contributed by atoms with van der Waals surface area (Å²) in [7, 11) is 0. The Bertz CT molecular complexity index is 906. The molecule has 6 heteroatoms. The van der Waals surface area contributed by atoms with Gasteiger partial charge in [0.25, 0.3) is 5.56 Å². The second-order valence-electron chi connectivity index (χ2n) is 6.51. The number of aromatic nitrogens is 4. The van der Waals surface area contributed by atoms with Gasteiger partial charge < -0.3 is 5.73 Å². The first kappa shape index (κ1) is 14.9. The number of nitrogens with two attached hydrogens (primary N) is 1. The van der Waals surface area contributed by atoms with E-state index in [1.54, 1.807) is 0 Å². The third-order valence-electron chi connectivity index (χ3n) is 4.81. The van der Waals surface area contributed by atoms with Gasteiger partial charge in [0.15, 0.2) is 5.65 Å². The van der Waals surface area contributed by atoms with Crippen molar-refractivity contribution in [1.82, 2.24) is 19.7 Å². The lowest BCUT2D eigenvalue weighted by Gasteiger charge is -2.19. The van der Waals surface area contributed by atoms with Crippen molar-refractivity contribution in [3.63, 3.8) is 0 Å². The van der Waals surface area contributed by atoms with Crippen LogP contribution in [-0.2, 0) is 6.54 Å². The van der Waals surface area contributed by atoms with Crippen LogP contribution in [0, 0.1) is 0 Å². The summed E-state index contributed by atoms with van der Waals surface area (Å²) < 4.78 is 1.82. The van der Waals surface area contributed by atoms with Gasteiger partial charge in [-0.15, -0.1) is 0 Å². The fourth-order valence-corrected chi connectivity index (χ4v) is 3.65. The molecule has 6 nitrogen and oxygen atoms in total. The molecule has 3 N–H and O–H groups in total. The lowest BCUT2D eigenvalue weighted by atomic mass is 9.86. The second-order valence-corrected chi connectivity index (χ2v) is 6.51. The molecule has 0 spiro atoms. The van der Waals surface area contributed by atoms with Gasteiger partial charge in [-0.3, -0.25) is 9.78 Å². The van der Waals surface area contributed by atoms with E-state index >= 15 is 0 Å². The number of benzene rings is 1. The third-order valence-corrected chi connectivity index (χ3v) is 4.81. The zero-order valence-electron chi connectivity index (χ0n) is 13.5. The Kier molecular flexibility index (Phi) is 3.80. The van der Waals surface area contributed by atoms with Crippen LogP contribution in [0.3, 0.4) is 0 Å². The Morgan fingerprint density at radius 2 is 1.92 bits per heavy atom. The van der Waals surface area contributed by atoms with Gasteiger partial charge in [-0.1, -0.05) is 49.6 Å². The molecule has 0 atom stereocenters. The van der Waals surface area contributed by atoms with Crippen LogP contribution in [0.1, 0.15) is 49.3 Å². The minimum absolute atomic E-state index is 0.136. The Balaban J connectivity index is 1.85. The molecule has 3 aromatic rings. The van der Waals surface area contributed by atoms with Gasteiger partial charge in [0.1, 0.15) is 5.39 Å². The zero-order chi connectivity index (χ0) is 16.5. The molecule has 1 saturated carbocycles. The van der Waals surface area contributed by atoms with E-state index in [9.17, 15) is 4.79 Å². The highest BCUT2D eigenvalue weighted by molar-refractivity contribution is 5.79. The molecule has 1 aliphatic rings. The Morgan fingerprint density at radius 3 is 2.67 bits per heavy atom. The first-order chi connectivity index (χ1) is 11.7. The highest BCUT2D eigenvalue weighted by Gasteiger charge is 2.25. The molecule has 0 radical (unpaired) electrons. The van der Waals surface area contributed by atoms with Crippen molar-refractivity contribution in [2.75, 3.05) is 5.73 Å². The highest BCUT2D eigenvalue weighted by atomic mass is 16.1. The van der Waals surface area contributed by atoms with E-state index in [2.05, 4.69) is 9.97 Å². The van der Waals surface area contributed by atoms with Crippen molar-refractivity contribution in [3.8, 4) is 0 Å². The van der Waals surface area contributed by atoms with E-state index in [-0.39, 0.29) is 11.5 Å². The van der Waals surface area contributed by atoms with E-state index in [0.29, 0.717) is 23.5 Å². The summed E-state index contributed by atoms with van der Waals surface area (Å²) in [6.07, 6.45) is 5.82. The van der Waals surface area contributed by atoms with E-state index in [0.717, 1.165) is 24.1 Å². The predicted molar refractivity (Wildman–Crippen MR) is 93.9 cm³/mol. The number of hydrogen-bond acceptors (Lipinski definition) is 4. The lowest BCUT2D eigenvalue weighted by Crippen LogP contribution is -2.14. The summed E-state index contributed by atoms with van der Waals surface area (Å²) in [5, 5.41) is 5.39. The molecular weight excluding hydrogens is 302 g/mol. The molecule has 24 heavy (non-hydrogen) atoms. The van der Waals surface area contributed by atoms with Crippen molar-refractivity contribution in [2.45, 2.75) is 44.6 Å². The molecule has 0 aliphatic heterocycles. The van der Waals surface area contributed by atoms with Crippen LogP contribution in [0.5, 0.6) is 0 Å². The average molecular weight is 323 g/mol. The predicted octanol–water partition coefficient (Wildman–Crippen LogP) is 2.80. The van der Waals surface area contributed by atoms with Crippen molar-refractivity contribution < 1.29 is 0 Å². The maximum absolute atomic E-state index is 12.5. The Morgan fingerprint density at radius 1 is 1.17 bits per heavy atom. The van der Waals surface area contributed by atoms with Gasteiger partial charge in [-0.05, 0) is 18.4 Å². The molecule has 0 unspecified atom stereocenters. The molecular formula is C18H21N5O. The minimum atomic E-state index is -0.183. The lowest BCUT2D eigenvalue weighted by molar-refractivity contribution is 0.434. The number of nitrogen functional groups attached to an aromatic ring is 1. The fourth-order valence-electron chi connectivity index (χ4n) is 3.65. The van der Waals surface area contributed by atoms with E-state index in [1.165, 1.54) is 19.3 Å². The topological polar surface area (TPSA) is 89.6 Å². The monoisotopic (exact) mass is 323 g/mol. The average Bonchev–Trinajstić information content (AvgIpc) is 2.95. The van der Waals surface area contributed by atoms with Gasteiger partial charge in [-0.2, -0.15) is 10.1 Å². The quantitative estimate of drug-likeness (QED) is 0.775. The first-order valence-corrected chi connectivity index (χ1v) is 8.52. The molecule has 4 rings (SSSR count). The number of rotatable bonds is 3. The Hall–Kier alpha value is -2.63. The summed E-state index contributed by atoms with van der Waals surface area (Å²) in [6, 6.07) is 10.1. The van der Waals surface area contributed by atoms with Crippen LogP contribution in [0.25, 0.3) is 11.0 Å². The van der Waals surface area contributed by atoms with Crippen molar-refractivity contribution in [3.05, 3.63) is 51.9 Å². The van der Waals surface area contributed by atoms with Gasteiger partial charge in [0, 0.05) is 5.92 Å². The third kappa shape index (κ3) is 2.68. The van der Waals surface area contributed by atoms with Crippen LogP contribution in [0.2, 0.25) is 0 Å². The number of H-pyrrole nitrogens is 1. The number of anilines is 1. The van der Waals surface area contributed by atoms with Crippen LogP contribution < -0.4 is 11.3 Å². The van der Waals surface area contributed by atoms with Crippen LogP contribution in [-0.4, -0.2) is 19.7 Å². The van der Waals surface area contributed by atoms with Crippen molar-refractivity contribution >= 4 is 17.0 Å². The van der Waals surface area contributed by atoms with E-state index in [1.807, 2.05) is 35.0 Å². The van der Waals surface area contributed by atoms with Gasteiger partial charge in [0.2, 0.25) is 5.95 Å². The summed E-state index contributed by atoms with van der Waals surface area (Å²) in [4.78, 5) is 19.5. The molecule has 124 valence electrons. The number of fused-ring (bicyclic) bond motifs is 1. The molecule has 2 heterocycles. The number of aromatic amines is 1. The molecule has 0 amide bonds. The zero-order valence-corrected chi connectivity index (χ0v) is 13.5.